The van der Waals surface area contributed by atoms with Crippen LogP contribution in [-0.2, 0) is 11.3 Å². The van der Waals surface area contributed by atoms with Gasteiger partial charge in [0.1, 0.15) is 18.1 Å². The second kappa shape index (κ2) is 12.5. The minimum Gasteiger partial charge on any atom is -0.494 e. The highest BCUT2D eigenvalue weighted by Gasteiger charge is 2.42. The summed E-state index contributed by atoms with van der Waals surface area (Å²) in [5, 5.41) is 4.00. The molecule has 2 aliphatic rings. The maximum Gasteiger partial charge on any atom is 0.226 e. The number of piperidine rings is 1. The molecule has 1 N–H and O–H groups in total. The molecule has 0 unspecified atom stereocenters. The molecule has 188 valence electrons. The molecule has 0 aromatic heterocycles. The van der Waals surface area contributed by atoms with Crippen LogP contribution in [0.5, 0.6) is 11.5 Å². The van der Waals surface area contributed by atoms with Crippen LogP contribution in [0.1, 0.15) is 50.5 Å². The summed E-state index contributed by atoms with van der Waals surface area (Å²) in [7, 11) is 0. The molecular formula is C29H37ClN2O3. The molecule has 1 aliphatic carbocycles. The van der Waals surface area contributed by atoms with Gasteiger partial charge in [-0.05, 0) is 75.0 Å². The maximum absolute atomic E-state index is 13.5. The van der Waals surface area contributed by atoms with Gasteiger partial charge in [0.05, 0.1) is 17.0 Å². The van der Waals surface area contributed by atoms with Crippen molar-refractivity contribution in [3.05, 3.63) is 71.8 Å². The molecule has 0 spiro atoms. The molecule has 1 amide bonds. The Morgan fingerprint density at radius 1 is 1.11 bits per heavy atom. The van der Waals surface area contributed by atoms with Gasteiger partial charge in [-0.1, -0.05) is 61.4 Å². The number of nitrogens with one attached hydrogen (secondary N) is 1. The molecule has 2 fully saturated rings. The van der Waals surface area contributed by atoms with Crippen LogP contribution < -0.4 is 14.8 Å². The van der Waals surface area contributed by atoms with Gasteiger partial charge >= 0.3 is 0 Å². The van der Waals surface area contributed by atoms with E-state index in [9.17, 15) is 4.79 Å². The molecule has 2 aromatic carbocycles. The Balaban J connectivity index is 1.36. The van der Waals surface area contributed by atoms with Crippen molar-refractivity contribution in [3.8, 4) is 11.5 Å². The third kappa shape index (κ3) is 7.02. The van der Waals surface area contributed by atoms with Gasteiger partial charge < -0.3 is 14.8 Å². The molecule has 6 heteroatoms. The SMILES string of the molecule is C=CCOc1ccc(CN2CCC(CCOc3ccccc3)(C(=O)NC3CCCC3)CC2)cc1Cl. The van der Waals surface area contributed by atoms with E-state index >= 15 is 0 Å². The van der Waals surface area contributed by atoms with Gasteiger partial charge in [0.25, 0.3) is 0 Å². The first-order chi connectivity index (χ1) is 17.1. The highest BCUT2D eigenvalue weighted by atomic mass is 35.5. The number of para-hydroxylation sites is 1. The topological polar surface area (TPSA) is 50.8 Å². The monoisotopic (exact) mass is 496 g/mol. The Labute approximate surface area is 214 Å². The second-order valence-corrected chi connectivity index (χ2v) is 10.2. The molecule has 35 heavy (non-hydrogen) atoms. The Kier molecular flexibility index (Phi) is 9.11. The van der Waals surface area contributed by atoms with Crippen molar-refractivity contribution in [2.75, 3.05) is 26.3 Å². The summed E-state index contributed by atoms with van der Waals surface area (Å²) in [5.74, 6) is 1.75. The van der Waals surface area contributed by atoms with Crippen molar-refractivity contribution >= 4 is 17.5 Å². The van der Waals surface area contributed by atoms with E-state index in [1.165, 1.54) is 12.8 Å². The largest absolute Gasteiger partial charge is 0.494 e. The fraction of sp³-hybridized carbons (Fsp3) is 0.483. The molecule has 0 bridgehead atoms. The van der Waals surface area contributed by atoms with Gasteiger partial charge in [0.2, 0.25) is 5.91 Å². The number of benzene rings is 2. The molecule has 0 radical (unpaired) electrons. The number of halogens is 1. The first kappa shape index (κ1) is 25.6. The Morgan fingerprint density at radius 3 is 2.54 bits per heavy atom. The molecule has 2 aromatic rings. The molecule has 1 heterocycles. The number of hydrogen-bond donors (Lipinski definition) is 1. The van der Waals surface area contributed by atoms with Crippen molar-refractivity contribution in [2.45, 2.75) is 57.5 Å². The Morgan fingerprint density at radius 2 is 1.86 bits per heavy atom. The number of likely N-dealkylation sites (tertiary alicyclic amines) is 1. The average molecular weight is 497 g/mol. The highest BCUT2D eigenvalue weighted by molar-refractivity contribution is 6.32. The standard InChI is InChI=1S/C29H37ClN2O3/c1-2-19-35-27-13-12-23(21-26(27)30)22-32-17-14-29(15-18-32,28(33)31-24-8-6-7-9-24)16-20-34-25-10-4-3-5-11-25/h2-5,10-13,21,24H,1,6-9,14-20,22H2,(H,31,33). The zero-order chi connectivity index (χ0) is 24.5. The summed E-state index contributed by atoms with van der Waals surface area (Å²) in [6, 6.07) is 16.1. The molecule has 0 atom stereocenters. The number of amides is 1. The van der Waals surface area contributed by atoms with Crippen molar-refractivity contribution < 1.29 is 14.3 Å². The van der Waals surface area contributed by atoms with Gasteiger partial charge in [-0.2, -0.15) is 0 Å². The van der Waals surface area contributed by atoms with E-state index in [0.717, 1.165) is 63.1 Å². The molecule has 1 saturated heterocycles. The van der Waals surface area contributed by atoms with Gasteiger partial charge in [-0.15, -0.1) is 0 Å². The summed E-state index contributed by atoms with van der Waals surface area (Å²) < 4.78 is 11.6. The Hall–Kier alpha value is -2.50. The van der Waals surface area contributed by atoms with E-state index in [-0.39, 0.29) is 11.3 Å². The lowest BCUT2D eigenvalue weighted by Crippen LogP contribution is -2.51. The minimum absolute atomic E-state index is 0.215. The number of carbonyl (C=O) groups excluding carboxylic acids is 1. The number of ether oxygens (including phenoxy) is 2. The van der Waals surface area contributed by atoms with Crippen LogP contribution in [0.15, 0.2) is 61.2 Å². The number of hydrogen-bond acceptors (Lipinski definition) is 4. The predicted octanol–water partition coefficient (Wildman–Crippen LogP) is 6.01. The van der Waals surface area contributed by atoms with Crippen LogP contribution in [-0.4, -0.2) is 43.2 Å². The van der Waals surface area contributed by atoms with Gasteiger partial charge in [0, 0.05) is 12.6 Å². The first-order valence-corrected chi connectivity index (χ1v) is 13.2. The van der Waals surface area contributed by atoms with Crippen LogP contribution in [0, 0.1) is 5.41 Å². The van der Waals surface area contributed by atoms with E-state index in [1.54, 1.807) is 6.08 Å². The zero-order valence-electron chi connectivity index (χ0n) is 20.5. The molecule has 1 aliphatic heterocycles. The quantitative estimate of drug-likeness (QED) is 0.387. The van der Waals surface area contributed by atoms with Crippen LogP contribution >= 0.6 is 11.6 Å². The van der Waals surface area contributed by atoms with Crippen molar-refractivity contribution in [3.63, 3.8) is 0 Å². The van der Waals surface area contributed by atoms with Gasteiger partial charge in [-0.3, -0.25) is 9.69 Å². The Bertz CT molecular complexity index is 967. The van der Waals surface area contributed by atoms with Gasteiger partial charge in [-0.25, -0.2) is 0 Å². The van der Waals surface area contributed by atoms with E-state index < -0.39 is 0 Å². The summed E-state index contributed by atoms with van der Waals surface area (Å²) >= 11 is 6.41. The van der Waals surface area contributed by atoms with Crippen LogP contribution in [0.25, 0.3) is 0 Å². The molecular weight excluding hydrogens is 460 g/mol. The molecule has 4 rings (SSSR count). The highest BCUT2D eigenvalue weighted by Crippen LogP contribution is 2.37. The fourth-order valence-electron chi connectivity index (χ4n) is 5.19. The van der Waals surface area contributed by atoms with Crippen LogP contribution in [0.2, 0.25) is 5.02 Å². The van der Waals surface area contributed by atoms with Crippen molar-refractivity contribution in [1.82, 2.24) is 10.2 Å². The third-order valence-electron chi connectivity index (χ3n) is 7.34. The van der Waals surface area contributed by atoms with Crippen molar-refractivity contribution in [1.29, 1.82) is 0 Å². The summed E-state index contributed by atoms with van der Waals surface area (Å²) in [6.07, 6.45) is 8.72. The summed E-state index contributed by atoms with van der Waals surface area (Å²) in [5.41, 5.74) is 0.768. The van der Waals surface area contributed by atoms with Crippen LogP contribution in [0.3, 0.4) is 0 Å². The number of carbonyl (C=O) groups is 1. The molecule has 5 nitrogen and oxygen atoms in total. The summed E-state index contributed by atoms with van der Waals surface area (Å²) in [4.78, 5) is 15.9. The van der Waals surface area contributed by atoms with Crippen molar-refractivity contribution in [2.24, 2.45) is 5.41 Å². The third-order valence-corrected chi connectivity index (χ3v) is 7.63. The smallest absolute Gasteiger partial charge is 0.226 e. The number of nitrogens with zero attached hydrogens (tertiary/aromatic N) is 1. The normalized spacial score (nSPS) is 18.2. The first-order valence-electron chi connectivity index (χ1n) is 12.8. The number of rotatable bonds is 11. The van der Waals surface area contributed by atoms with Crippen LogP contribution in [0.4, 0.5) is 0 Å². The zero-order valence-corrected chi connectivity index (χ0v) is 21.3. The van der Waals surface area contributed by atoms with E-state index in [1.807, 2.05) is 42.5 Å². The second-order valence-electron chi connectivity index (χ2n) is 9.79. The lowest BCUT2D eigenvalue weighted by Gasteiger charge is -2.41. The van der Waals surface area contributed by atoms with E-state index in [4.69, 9.17) is 21.1 Å². The lowest BCUT2D eigenvalue weighted by atomic mass is 9.74. The summed E-state index contributed by atoms with van der Waals surface area (Å²) in [6.45, 7) is 7.21. The lowest BCUT2D eigenvalue weighted by molar-refractivity contribution is -0.135. The fourth-order valence-corrected chi connectivity index (χ4v) is 5.44. The van der Waals surface area contributed by atoms with E-state index in [0.29, 0.717) is 30.0 Å². The maximum atomic E-state index is 13.5. The van der Waals surface area contributed by atoms with E-state index in [2.05, 4.69) is 22.9 Å². The van der Waals surface area contributed by atoms with Gasteiger partial charge in [0.15, 0.2) is 0 Å². The average Bonchev–Trinajstić information content (AvgIpc) is 3.38. The minimum atomic E-state index is -0.381. The predicted molar refractivity (Wildman–Crippen MR) is 141 cm³/mol. The molecule has 1 saturated carbocycles.